The normalized spacial score (nSPS) is 13.2. The van der Waals surface area contributed by atoms with E-state index in [4.69, 9.17) is 16.3 Å². The number of imide groups is 1. The maximum atomic E-state index is 13.8. The Kier molecular flexibility index (Phi) is 4.79. The summed E-state index contributed by atoms with van der Waals surface area (Å²) < 4.78 is 6.21. The third-order valence-electron chi connectivity index (χ3n) is 7.21. The summed E-state index contributed by atoms with van der Waals surface area (Å²) >= 11 is 6.31. The molecule has 2 aromatic heterocycles. The number of aromatic nitrogens is 2. The van der Waals surface area contributed by atoms with Crippen LogP contribution in [-0.2, 0) is 4.74 Å². The van der Waals surface area contributed by atoms with E-state index in [1.54, 1.807) is 24.3 Å². The summed E-state index contributed by atoms with van der Waals surface area (Å²) in [5.74, 6) is -3.22. The zero-order chi connectivity index (χ0) is 28.0. The van der Waals surface area contributed by atoms with Gasteiger partial charge in [0.2, 0.25) is 0 Å². The number of esters is 1. The molecule has 1 aliphatic heterocycles. The van der Waals surface area contributed by atoms with Gasteiger partial charge in [-0.05, 0) is 60.7 Å². The quantitative estimate of drug-likeness (QED) is 0.250. The van der Waals surface area contributed by atoms with E-state index >= 15 is 0 Å². The van der Waals surface area contributed by atoms with Crippen molar-refractivity contribution in [2.24, 2.45) is 0 Å². The molecule has 1 N–H and O–H groups in total. The van der Waals surface area contributed by atoms with E-state index in [0.29, 0.717) is 32.8 Å². The van der Waals surface area contributed by atoms with E-state index in [0.717, 1.165) is 4.90 Å². The second-order valence-corrected chi connectivity index (χ2v) is 9.67. The van der Waals surface area contributed by atoms with Crippen molar-refractivity contribution in [3.63, 3.8) is 0 Å². The number of ether oxygens (including phenoxy) is 1. The molecule has 194 valence electrons. The van der Waals surface area contributed by atoms with Crippen LogP contribution >= 0.6 is 11.6 Å². The molecule has 0 saturated heterocycles. The minimum absolute atomic E-state index is 0.0240. The molecule has 0 bridgehead atoms. The number of hydrogen-bond donors (Lipinski definition) is 1. The number of pyridine rings is 1. The number of rotatable bonds is 3. The van der Waals surface area contributed by atoms with Crippen molar-refractivity contribution in [3.05, 3.63) is 98.3 Å². The molecule has 0 unspecified atom stereocenters. The van der Waals surface area contributed by atoms with Crippen LogP contribution in [0.1, 0.15) is 41.4 Å². The monoisotopic (exact) mass is 551 g/mol. The molecular weight excluding hydrogens is 538 g/mol. The van der Waals surface area contributed by atoms with E-state index in [-0.39, 0.29) is 38.4 Å². The van der Waals surface area contributed by atoms with Gasteiger partial charge in [0, 0.05) is 32.7 Å². The molecular formula is C29H14ClN3O7. The lowest BCUT2D eigenvalue weighted by Crippen LogP contribution is -2.40. The molecule has 1 aliphatic rings. The van der Waals surface area contributed by atoms with Crippen molar-refractivity contribution in [2.75, 3.05) is 12.0 Å². The Hall–Kier alpha value is -5.35. The predicted molar refractivity (Wildman–Crippen MR) is 146 cm³/mol. The van der Waals surface area contributed by atoms with Crippen LogP contribution in [0.3, 0.4) is 0 Å². The number of fused-ring (bicyclic) bond motifs is 4. The Bertz CT molecular complexity index is 2220. The molecule has 0 aliphatic carbocycles. The van der Waals surface area contributed by atoms with Gasteiger partial charge in [0.15, 0.2) is 0 Å². The highest BCUT2D eigenvalue weighted by Gasteiger charge is 2.37. The van der Waals surface area contributed by atoms with E-state index in [1.807, 2.05) is 0 Å². The standard InChI is InChI=1S/C29H14ClN3O7/c1-40-29(39)13-3-9-19-21(11-13)32-24(31-19)14-4-5-16-23-17(7-6-15(22(14)23)25(32)34)27(36)33(26(16)35)20-10-12(28(37)38)2-8-18(20)30/h2-11H,1H3,(H,37,38). The van der Waals surface area contributed by atoms with Gasteiger partial charge < -0.3 is 9.84 Å². The first-order valence-electron chi connectivity index (χ1n) is 11.9. The second kappa shape index (κ2) is 8.08. The molecule has 0 saturated carbocycles. The first-order valence-corrected chi connectivity index (χ1v) is 12.3. The minimum Gasteiger partial charge on any atom is -0.478 e. The van der Waals surface area contributed by atoms with Crippen molar-refractivity contribution >= 4 is 79.3 Å². The van der Waals surface area contributed by atoms with Crippen LogP contribution in [0.4, 0.5) is 5.69 Å². The molecule has 3 heterocycles. The first kappa shape index (κ1) is 23.7. The fourth-order valence-electron chi connectivity index (χ4n) is 5.41. The van der Waals surface area contributed by atoms with Gasteiger partial charge in [-0.15, -0.1) is 0 Å². The molecule has 0 atom stereocenters. The van der Waals surface area contributed by atoms with Gasteiger partial charge in [-0.25, -0.2) is 19.5 Å². The molecule has 11 heteroatoms. The van der Waals surface area contributed by atoms with Crippen molar-refractivity contribution in [3.8, 4) is 0 Å². The highest BCUT2D eigenvalue weighted by Crippen LogP contribution is 2.40. The molecule has 6 aromatic rings. The topological polar surface area (TPSA) is 135 Å². The number of anilines is 1. The molecule has 7 rings (SSSR count). The van der Waals surface area contributed by atoms with E-state index in [9.17, 15) is 29.1 Å². The van der Waals surface area contributed by atoms with Gasteiger partial charge in [0.05, 0.1) is 40.0 Å². The third kappa shape index (κ3) is 2.99. The number of halogens is 1. The van der Waals surface area contributed by atoms with Crippen molar-refractivity contribution in [1.82, 2.24) is 9.38 Å². The van der Waals surface area contributed by atoms with E-state index in [1.165, 1.54) is 47.9 Å². The number of benzene rings is 4. The summed E-state index contributed by atoms with van der Waals surface area (Å²) in [5.41, 5.74) is 1.10. The molecule has 0 radical (unpaired) electrons. The number of carboxylic acids is 1. The van der Waals surface area contributed by atoms with Crippen LogP contribution in [0.15, 0.2) is 65.5 Å². The van der Waals surface area contributed by atoms with Gasteiger partial charge in [-0.3, -0.25) is 18.8 Å². The first-order chi connectivity index (χ1) is 19.2. The summed E-state index contributed by atoms with van der Waals surface area (Å²) in [5, 5.41) is 10.9. The predicted octanol–water partition coefficient (Wildman–Crippen LogP) is 4.53. The van der Waals surface area contributed by atoms with Crippen LogP contribution < -0.4 is 10.5 Å². The Morgan fingerprint density at radius 1 is 0.850 bits per heavy atom. The largest absolute Gasteiger partial charge is 0.478 e. The molecule has 0 fully saturated rings. The SMILES string of the molecule is COC(=O)c1ccc2nc3c4ccc5c6c(ccc(c(=O)n3c2c1)c64)C(=O)N(c1cc(C(=O)O)ccc1Cl)C5=O. The average molecular weight is 552 g/mol. The fraction of sp³-hybridized carbons (Fsp3) is 0.0345. The highest BCUT2D eigenvalue weighted by molar-refractivity contribution is 6.42. The zero-order valence-electron chi connectivity index (χ0n) is 20.4. The van der Waals surface area contributed by atoms with Crippen LogP contribution in [0.5, 0.6) is 0 Å². The molecule has 4 aromatic carbocycles. The van der Waals surface area contributed by atoms with Crippen molar-refractivity contribution < 1.29 is 29.0 Å². The van der Waals surface area contributed by atoms with Crippen LogP contribution in [-0.4, -0.2) is 45.4 Å². The molecule has 0 spiro atoms. The minimum atomic E-state index is -1.24. The maximum Gasteiger partial charge on any atom is 0.337 e. The van der Waals surface area contributed by atoms with E-state index in [2.05, 4.69) is 4.98 Å². The third-order valence-corrected chi connectivity index (χ3v) is 7.53. The maximum absolute atomic E-state index is 13.8. The van der Waals surface area contributed by atoms with Gasteiger partial charge in [-0.1, -0.05) is 11.6 Å². The smallest absolute Gasteiger partial charge is 0.337 e. The van der Waals surface area contributed by atoms with Crippen molar-refractivity contribution in [1.29, 1.82) is 0 Å². The number of carbonyl (C=O) groups is 4. The second-order valence-electron chi connectivity index (χ2n) is 9.26. The van der Waals surface area contributed by atoms with Gasteiger partial charge in [-0.2, -0.15) is 0 Å². The molecule has 10 nitrogen and oxygen atoms in total. The average Bonchev–Trinajstić information content (AvgIpc) is 3.34. The number of amides is 2. The van der Waals surface area contributed by atoms with Gasteiger partial charge in [0.1, 0.15) is 5.65 Å². The summed E-state index contributed by atoms with van der Waals surface area (Å²) in [6.07, 6.45) is 0. The summed E-state index contributed by atoms with van der Waals surface area (Å²) in [4.78, 5) is 70.4. The Labute approximate surface area is 227 Å². The number of aromatic carboxylic acids is 1. The summed E-state index contributed by atoms with van der Waals surface area (Å²) in [6.45, 7) is 0. The lowest BCUT2D eigenvalue weighted by Gasteiger charge is -2.28. The number of methoxy groups -OCH3 is 1. The molecule has 2 amide bonds. The Morgan fingerprint density at radius 2 is 1.52 bits per heavy atom. The number of carboxylic acid groups (broad SMARTS) is 1. The fourth-order valence-corrected chi connectivity index (χ4v) is 5.61. The Morgan fingerprint density at radius 3 is 2.20 bits per heavy atom. The van der Waals surface area contributed by atoms with Crippen LogP contribution in [0, 0.1) is 0 Å². The summed E-state index contributed by atoms with van der Waals surface area (Å²) in [7, 11) is 1.26. The number of hydrogen-bond acceptors (Lipinski definition) is 7. The lowest BCUT2D eigenvalue weighted by atomic mass is 9.90. The van der Waals surface area contributed by atoms with E-state index < -0.39 is 29.3 Å². The zero-order valence-corrected chi connectivity index (χ0v) is 21.1. The van der Waals surface area contributed by atoms with Gasteiger partial charge in [0.25, 0.3) is 17.4 Å². The Balaban J connectivity index is 1.53. The highest BCUT2D eigenvalue weighted by atomic mass is 35.5. The number of imidazole rings is 1. The summed E-state index contributed by atoms with van der Waals surface area (Å²) in [6, 6.07) is 14.6. The lowest BCUT2D eigenvalue weighted by molar-refractivity contribution is 0.0599. The number of nitrogens with zero attached hydrogens (tertiary/aromatic N) is 3. The van der Waals surface area contributed by atoms with Crippen LogP contribution in [0.2, 0.25) is 5.02 Å². The van der Waals surface area contributed by atoms with Gasteiger partial charge >= 0.3 is 11.9 Å². The molecule has 40 heavy (non-hydrogen) atoms. The number of carbonyl (C=O) groups excluding carboxylic acids is 3. The van der Waals surface area contributed by atoms with Crippen LogP contribution in [0.25, 0.3) is 38.2 Å². The van der Waals surface area contributed by atoms with Crippen molar-refractivity contribution in [2.45, 2.75) is 0 Å².